The first-order valence-corrected chi connectivity index (χ1v) is 24.2. The van der Waals surface area contributed by atoms with Gasteiger partial charge in [0.25, 0.3) is 5.91 Å². The molecule has 0 spiro atoms. The van der Waals surface area contributed by atoms with Crippen LogP contribution in [0.5, 0.6) is 5.75 Å². The third-order valence-corrected chi connectivity index (χ3v) is 13.6. The van der Waals surface area contributed by atoms with Crippen molar-refractivity contribution in [2.45, 2.75) is 151 Å². The second-order valence-electron chi connectivity index (χ2n) is 19.5. The molecule has 0 aromatic heterocycles. The molecule has 1 fully saturated rings. The highest BCUT2D eigenvalue weighted by Gasteiger charge is 2.43. The van der Waals surface area contributed by atoms with Gasteiger partial charge in [-0.15, -0.1) is 0 Å². The van der Waals surface area contributed by atoms with E-state index in [0.29, 0.717) is 24.2 Å². The number of carbonyl (C=O) groups excluding carboxylic acids is 10. The molecular weight excluding hydrogens is 905 g/mol. The Morgan fingerprint density at radius 1 is 0.671 bits per heavy atom. The standard InChI is InChI=1S/C50H80N8O12/c1-17-28(6)40-45(64)51-25-37(59)57(14)39(27(4)5)47(66)56(13)36(24-33-20-22-34(69-16)23-21-33)44(63)53-31(9)42(61)50(11,12)49(68)54-32(10)43(62)55-35(19-3)30(8)48(67)70-41(29(7)18-2)46(65)52-26-38(60)58(40)15/h20-23,27-32,35-36,39-41H,17-19,24-26H2,1-16H3,(H,51,64)(H,52,65)(H,53,63)(H,54,68)(H,55,62)/t28-,29-,30-,31-,32-,35+,36-,39-,40-,41-/m0/s1. The van der Waals surface area contributed by atoms with E-state index in [0.717, 1.165) is 0 Å². The highest BCUT2D eigenvalue weighted by atomic mass is 16.5. The van der Waals surface area contributed by atoms with E-state index in [1.54, 1.807) is 65.8 Å². The molecule has 0 saturated carbocycles. The van der Waals surface area contributed by atoms with Gasteiger partial charge in [0, 0.05) is 39.5 Å². The third kappa shape index (κ3) is 15.5. The zero-order valence-electron chi connectivity index (χ0n) is 44.1. The number of nitrogens with one attached hydrogen (secondary N) is 5. The number of cyclic esters (lactones) is 1. The van der Waals surface area contributed by atoms with E-state index < -0.39 is 144 Å². The number of rotatable bonds is 9. The van der Waals surface area contributed by atoms with Gasteiger partial charge >= 0.3 is 5.97 Å². The van der Waals surface area contributed by atoms with E-state index in [-0.39, 0.29) is 12.8 Å². The minimum atomic E-state index is -1.79. The van der Waals surface area contributed by atoms with E-state index in [1.807, 2.05) is 6.92 Å². The van der Waals surface area contributed by atoms with Crippen molar-refractivity contribution in [3.8, 4) is 5.75 Å². The maximum absolute atomic E-state index is 14.6. The normalized spacial score (nSPS) is 27.1. The van der Waals surface area contributed by atoms with Crippen molar-refractivity contribution in [2.75, 3.05) is 41.3 Å². The van der Waals surface area contributed by atoms with E-state index in [1.165, 1.54) is 77.6 Å². The summed E-state index contributed by atoms with van der Waals surface area (Å²) >= 11 is 0. The predicted molar refractivity (Wildman–Crippen MR) is 261 cm³/mol. The molecular formula is C50H80N8O12. The van der Waals surface area contributed by atoms with Crippen molar-refractivity contribution in [3.05, 3.63) is 29.8 Å². The minimum absolute atomic E-state index is 0.0333. The lowest BCUT2D eigenvalue weighted by molar-refractivity contribution is -0.163. The lowest BCUT2D eigenvalue weighted by atomic mass is 9.83. The first-order chi connectivity index (χ1) is 32.6. The second kappa shape index (κ2) is 26.8. The van der Waals surface area contributed by atoms with E-state index in [2.05, 4.69) is 26.6 Å². The Bertz CT molecular complexity index is 2040. The summed E-state index contributed by atoms with van der Waals surface area (Å²) in [6.45, 7) is 18.2. The largest absolute Gasteiger partial charge is 0.497 e. The molecule has 70 heavy (non-hydrogen) atoms. The van der Waals surface area contributed by atoms with Crippen molar-refractivity contribution in [1.29, 1.82) is 0 Å². The van der Waals surface area contributed by atoms with Crippen LogP contribution in [-0.4, -0.2) is 157 Å². The molecule has 2 rings (SSSR count). The smallest absolute Gasteiger partial charge is 0.311 e. The van der Waals surface area contributed by atoms with Gasteiger partial charge in [-0.3, -0.25) is 47.9 Å². The van der Waals surface area contributed by atoms with Crippen molar-refractivity contribution in [2.24, 2.45) is 29.1 Å². The highest BCUT2D eigenvalue weighted by Crippen LogP contribution is 2.23. The fourth-order valence-electron chi connectivity index (χ4n) is 8.18. The lowest BCUT2D eigenvalue weighted by Crippen LogP contribution is -2.60. The molecule has 1 aromatic rings. The monoisotopic (exact) mass is 985 g/mol. The number of hydrogen-bond acceptors (Lipinski definition) is 12. The minimum Gasteiger partial charge on any atom is -0.497 e. The summed E-state index contributed by atoms with van der Waals surface area (Å²) in [5, 5.41) is 13.2. The summed E-state index contributed by atoms with van der Waals surface area (Å²) in [5.74, 6) is -8.89. The number of esters is 1. The van der Waals surface area contributed by atoms with Crippen molar-refractivity contribution < 1.29 is 57.4 Å². The van der Waals surface area contributed by atoms with Crippen LogP contribution in [-0.2, 0) is 59.1 Å². The molecule has 1 saturated heterocycles. The quantitative estimate of drug-likeness (QED) is 0.175. The number of Topliss-reactive ketones (excluding diaryl/α,β-unsaturated/α-hetero) is 1. The number of ether oxygens (including phenoxy) is 2. The first kappa shape index (κ1) is 60.0. The molecule has 20 nitrogen and oxygen atoms in total. The first-order valence-electron chi connectivity index (χ1n) is 24.2. The number of carbonyl (C=O) groups is 10. The average Bonchev–Trinajstić information content (AvgIpc) is 3.32. The molecule has 20 heteroatoms. The number of amides is 8. The summed E-state index contributed by atoms with van der Waals surface area (Å²) in [6, 6.07) is 0.0462. The Balaban J connectivity index is 2.69. The van der Waals surface area contributed by atoms with Crippen LogP contribution in [0.1, 0.15) is 108 Å². The fraction of sp³-hybridized carbons (Fsp3) is 0.680. The summed E-state index contributed by atoms with van der Waals surface area (Å²) in [4.78, 5) is 143. The van der Waals surface area contributed by atoms with E-state index in [9.17, 15) is 47.9 Å². The fourth-order valence-corrected chi connectivity index (χ4v) is 8.18. The van der Waals surface area contributed by atoms with Crippen molar-refractivity contribution >= 4 is 59.0 Å². The molecule has 392 valence electrons. The Labute approximate surface area is 413 Å². The number of benzene rings is 1. The summed E-state index contributed by atoms with van der Waals surface area (Å²) in [5.41, 5.74) is -1.16. The summed E-state index contributed by atoms with van der Waals surface area (Å²) < 4.78 is 11.0. The maximum atomic E-state index is 14.6. The molecule has 0 radical (unpaired) electrons. The highest BCUT2D eigenvalue weighted by molar-refractivity contribution is 6.09. The molecule has 0 bridgehead atoms. The molecule has 0 unspecified atom stereocenters. The van der Waals surface area contributed by atoms with Crippen LogP contribution in [0.2, 0.25) is 0 Å². The summed E-state index contributed by atoms with van der Waals surface area (Å²) in [7, 11) is 5.72. The van der Waals surface area contributed by atoms with Gasteiger partial charge in [0.15, 0.2) is 11.9 Å². The van der Waals surface area contributed by atoms with Crippen molar-refractivity contribution in [1.82, 2.24) is 41.3 Å². The topological polar surface area (TPSA) is 259 Å². The van der Waals surface area contributed by atoms with Gasteiger partial charge in [-0.05, 0) is 77.0 Å². The Morgan fingerprint density at radius 3 is 1.70 bits per heavy atom. The lowest BCUT2D eigenvalue weighted by Gasteiger charge is -2.37. The maximum Gasteiger partial charge on any atom is 0.311 e. The number of ketones is 1. The number of hydrogen-bond donors (Lipinski definition) is 5. The molecule has 1 aromatic carbocycles. The van der Waals surface area contributed by atoms with Gasteiger partial charge in [0.2, 0.25) is 41.4 Å². The molecule has 1 aliphatic rings. The van der Waals surface area contributed by atoms with Crippen LogP contribution < -0.4 is 31.3 Å². The van der Waals surface area contributed by atoms with E-state index >= 15 is 0 Å². The van der Waals surface area contributed by atoms with Gasteiger partial charge in [-0.2, -0.15) is 0 Å². The predicted octanol–water partition coefficient (Wildman–Crippen LogP) is 1.76. The van der Waals surface area contributed by atoms with Gasteiger partial charge in [0.05, 0.1) is 32.2 Å². The number of likely N-dealkylation sites (N-methyl/N-ethyl adjacent to an activating group) is 3. The molecule has 8 amide bonds. The molecule has 0 aliphatic carbocycles. The summed E-state index contributed by atoms with van der Waals surface area (Å²) in [6.07, 6.45) is -0.234. The van der Waals surface area contributed by atoms with Crippen LogP contribution >= 0.6 is 0 Å². The van der Waals surface area contributed by atoms with Gasteiger partial charge in [-0.25, -0.2) is 0 Å². The van der Waals surface area contributed by atoms with Gasteiger partial charge in [0.1, 0.15) is 35.3 Å². The van der Waals surface area contributed by atoms with Crippen molar-refractivity contribution in [3.63, 3.8) is 0 Å². The van der Waals surface area contributed by atoms with Gasteiger partial charge in [-0.1, -0.05) is 67.0 Å². The van der Waals surface area contributed by atoms with Crippen LogP contribution in [0.4, 0.5) is 0 Å². The SMILES string of the molecule is CC[C@H](C)[C@@H]1OC(=O)[C@@H](C)[C@@H](CC)NC(=O)[C@H](C)NC(=O)C(C)(C)C(=O)[C@H](C)NC(=O)[C@H](Cc2ccc(OC)cc2)N(C)C(=O)[C@H](C(C)C)N(C)C(=O)CNC(=O)[C@H]([C@@H](C)CC)N(C)C(=O)CNC1=O. The average molecular weight is 985 g/mol. The molecule has 1 heterocycles. The van der Waals surface area contributed by atoms with Crippen LogP contribution in [0.15, 0.2) is 24.3 Å². The molecule has 5 N–H and O–H groups in total. The zero-order valence-corrected chi connectivity index (χ0v) is 44.1. The number of nitrogens with zero attached hydrogens (tertiary/aromatic N) is 3. The Morgan fingerprint density at radius 2 is 1.20 bits per heavy atom. The number of methoxy groups -OCH3 is 1. The zero-order chi connectivity index (χ0) is 53.5. The second-order valence-corrected chi connectivity index (χ2v) is 19.5. The molecule has 1 aliphatic heterocycles. The van der Waals surface area contributed by atoms with Crippen LogP contribution in [0.3, 0.4) is 0 Å². The van der Waals surface area contributed by atoms with Crippen LogP contribution in [0.25, 0.3) is 0 Å². The molecule has 10 atom stereocenters. The van der Waals surface area contributed by atoms with Gasteiger partial charge < -0.3 is 50.8 Å². The Kier molecular flexibility index (Phi) is 23.0. The Hall–Kier alpha value is -6.08. The van der Waals surface area contributed by atoms with Crippen LogP contribution in [0, 0.1) is 29.1 Å². The van der Waals surface area contributed by atoms with E-state index in [4.69, 9.17) is 9.47 Å². The third-order valence-electron chi connectivity index (χ3n) is 13.6.